The number of thiophene rings is 1. The van der Waals surface area contributed by atoms with Crippen LogP contribution >= 0.6 is 11.3 Å². The number of carboxylic acids is 1. The summed E-state index contributed by atoms with van der Waals surface area (Å²) in [7, 11) is 0. The number of amides is 1. The van der Waals surface area contributed by atoms with Crippen LogP contribution in [0.2, 0.25) is 0 Å². The van der Waals surface area contributed by atoms with Gasteiger partial charge >= 0.3 is 5.97 Å². The molecular weight excluding hydrogens is 274 g/mol. The number of carboxylic acid groups (broad SMARTS) is 1. The Morgan fingerprint density at radius 3 is 2.80 bits per heavy atom. The number of hydrogen-bond donors (Lipinski definition) is 1. The average Bonchev–Trinajstić information content (AvgIpc) is 2.90. The number of aryl methyl sites for hydroxylation is 2. The summed E-state index contributed by atoms with van der Waals surface area (Å²) in [6.07, 6.45) is 6.06. The van der Waals surface area contributed by atoms with Crippen molar-refractivity contribution in [3.05, 3.63) is 21.4 Å². The molecule has 5 heteroatoms. The van der Waals surface area contributed by atoms with E-state index >= 15 is 0 Å². The minimum atomic E-state index is -0.784. The second-order valence-electron chi connectivity index (χ2n) is 5.69. The third kappa shape index (κ3) is 2.59. The van der Waals surface area contributed by atoms with Gasteiger partial charge in [-0.3, -0.25) is 9.59 Å². The molecule has 4 nitrogen and oxygen atoms in total. The fraction of sp³-hybridized carbons (Fsp3) is 0.600. The van der Waals surface area contributed by atoms with E-state index in [-0.39, 0.29) is 5.91 Å². The lowest BCUT2D eigenvalue weighted by atomic mass is 9.97. The van der Waals surface area contributed by atoms with Crippen LogP contribution in [0, 0.1) is 5.92 Å². The van der Waals surface area contributed by atoms with Gasteiger partial charge in [0.2, 0.25) is 0 Å². The van der Waals surface area contributed by atoms with Gasteiger partial charge in [-0.2, -0.15) is 0 Å². The smallest absolute Gasteiger partial charge is 0.308 e. The molecule has 1 aliphatic carbocycles. The zero-order valence-corrected chi connectivity index (χ0v) is 12.2. The lowest BCUT2D eigenvalue weighted by Crippen LogP contribution is -2.42. The Morgan fingerprint density at radius 1 is 1.25 bits per heavy atom. The Labute approximate surface area is 122 Å². The van der Waals surface area contributed by atoms with Gasteiger partial charge in [0.25, 0.3) is 5.91 Å². The van der Waals surface area contributed by atoms with Gasteiger partial charge < -0.3 is 10.0 Å². The predicted molar refractivity (Wildman–Crippen MR) is 77.2 cm³/mol. The first-order valence-electron chi connectivity index (χ1n) is 7.29. The second kappa shape index (κ2) is 5.56. The van der Waals surface area contributed by atoms with Crippen molar-refractivity contribution < 1.29 is 14.7 Å². The van der Waals surface area contributed by atoms with Gasteiger partial charge in [0.1, 0.15) is 0 Å². The number of carbonyl (C=O) groups is 2. The zero-order valence-electron chi connectivity index (χ0n) is 11.4. The Hall–Kier alpha value is -1.36. The third-order valence-electron chi connectivity index (χ3n) is 4.27. The monoisotopic (exact) mass is 293 g/mol. The molecule has 1 N–H and O–H groups in total. The largest absolute Gasteiger partial charge is 0.481 e. The second-order valence-corrected chi connectivity index (χ2v) is 6.83. The van der Waals surface area contributed by atoms with Crippen molar-refractivity contribution >= 4 is 23.2 Å². The highest BCUT2D eigenvalue weighted by molar-refractivity contribution is 7.14. The molecule has 0 saturated carbocycles. The van der Waals surface area contributed by atoms with E-state index in [1.54, 1.807) is 16.2 Å². The topological polar surface area (TPSA) is 57.6 Å². The Bertz CT molecular complexity index is 514. The van der Waals surface area contributed by atoms with Crippen LogP contribution in [0.15, 0.2) is 6.07 Å². The molecule has 3 rings (SSSR count). The molecule has 2 aliphatic rings. The van der Waals surface area contributed by atoms with Crippen molar-refractivity contribution in [3.63, 3.8) is 0 Å². The number of likely N-dealkylation sites (tertiary alicyclic amines) is 1. The molecule has 1 atom stereocenters. The number of rotatable bonds is 2. The summed E-state index contributed by atoms with van der Waals surface area (Å²) in [5, 5.41) is 9.11. The van der Waals surface area contributed by atoms with E-state index in [2.05, 4.69) is 0 Å². The van der Waals surface area contributed by atoms with Crippen molar-refractivity contribution in [2.45, 2.75) is 38.5 Å². The quantitative estimate of drug-likeness (QED) is 0.911. The summed E-state index contributed by atoms with van der Waals surface area (Å²) in [5.74, 6) is -1.16. The van der Waals surface area contributed by atoms with Gasteiger partial charge in [-0.05, 0) is 50.2 Å². The molecule has 1 aromatic rings. The van der Waals surface area contributed by atoms with Crippen molar-refractivity contribution in [2.24, 2.45) is 5.92 Å². The van der Waals surface area contributed by atoms with Crippen molar-refractivity contribution in [3.8, 4) is 0 Å². The van der Waals surface area contributed by atoms with Crippen LogP contribution in [0.4, 0.5) is 0 Å². The zero-order chi connectivity index (χ0) is 14.1. The van der Waals surface area contributed by atoms with Gasteiger partial charge in [0, 0.05) is 18.0 Å². The number of nitrogens with zero attached hydrogens (tertiary/aromatic N) is 1. The van der Waals surface area contributed by atoms with E-state index in [1.807, 2.05) is 6.07 Å². The molecule has 0 unspecified atom stereocenters. The summed E-state index contributed by atoms with van der Waals surface area (Å²) < 4.78 is 0. The number of hydrogen-bond acceptors (Lipinski definition) is 3. The molecular formula is C15H19NO3S. The maximum absolute atomic E-state index is 12.5. The Morgan fingerprint density at radius 2 is 2.05 bits per heavy atom. The maximum Gasteiger partial charge on any atom is 0.308 e. The maximum atomic E-state index is 12.5. The minimum Gasteiger partial charge on any atom is -0.481 e. The van der Waals surface area contributed by atoms with Crippen LogP contribution < -0.4 is 0 Å². The summed E-state index contributed by atoms with van der Waals surface area (Å²) in [4.78, 5) is 27.5. The number of piperidine rings is 1. The number of aliphatic carboxylic acids is 1. The van der Waals surface area contributed by atoms with Gasteiger partial charge in [-0.15, -0.1) is 11.3 Å². The molecule has 0 bridgehead atoms. The number of carbonyl (C=O) groups excluding carboxylic acids is 1. The van der Waals surface area contributed by atoms with E-state index in [1.165, 1.54) is 23.3 Å². The van der Waals surface area contributed by atoms with Crippen molar-refractivity contribution in [1.82, 2.24) is 4.90 Å². The molecule has 1 amide bonds. The van der Waals surface area contributed by atoms with Gasteiger partial charge in [0.05, 0.1) is 10.8 Å². The van der Waals surface area contributed by atoms with Crippen molar-refractivity contribution in [2.75, 3.05) is 13.1 Å². The van der Waals surface area contributed by atoms with Gasteiger partial charge in [0.15, 0.2) is 0 Å². The fourth-order valence-electron chi connectivity index (χ4n) is 3.12. The summed E-state index contributed by atoms with van der Waals surface area (Å²) in [5.41, 5.74) is 1.33. The summed E-state index contributed by atoms with van der Waals surface area (Å²) >= 11 is 1.61. The standard InChI is InChI=1S/C15H19NO3S/c17-14(16-7-3-5-11(9-16)15(18)19)13-8-10-4-1-2-6-12(10)20-13/h8,11H,1-7,9H2,(H,18,19)/t11-/m0/s1. The summed E-state index contributed by atoms with van der Waals surface area (Å²) in [6.45, 7) is 1.04. The Kier molecular flexibility index (Phi) is 3.78. The van der Waals surface area contributed by atoms with E-state index in [4.69, 9.17) is 5.11 Å². The Balaban J connectivity index is 1.75. The molecule has 1 saturated heterocycles. The SMILES string of the molecule is O=C(O)[C@H]1CCCN(C(=O)c2cc3c(s2)CCCC3)C1. The van der Waals surface area contributed by atoms with Crippen LogP contribution in [0.5, 0.6) is 0 Å². The normalized spacial score (nSPS) is 22.4. The third-order valence-corrected chi connectivity index (χ3v) is 5.49. The van der Waals surface area contributed by atoms with Gasteiger partial charge in [-0.25, -0.2) is 0 Å². The lowest BCUT2D eigenvalue weighted by Gasteiger charge is -2.30. The molecule has 2 heterocycles. The lowest BCUT2D eigenvalue weighted by molar-refractivity contribution is -0.143. The van der Waals surface area contributed by atoms with Gasteiger partial charge in [-0.1, -0.05) is 0 Å². The van der Waals surface area contributed by atoms with E-state index in [9.17, 15) is 9.59 Å². The first-order chi connectivity index (χ1) is 9.65. The molecule has 1 aromatic heterocycles. The molecule has 20 heavy (non-hydrogen) atoms. The van der Waals surface area contributed by atoms with Crippen LogP contribution in [0.1, 0.15) is 45.8 Å². The molecule has 0 spiro atoms. The first kappa shape index (κ1) is 13.6. The highest BCUT2D eigenvalue weighted by Crippen LogP contribution is 2.31. The molecule has 1 fully saturated rings. The molecule has 108 valence electrons. The highest BCUT2D eigenvalue weighted by atomic mass is 32.1. The van der Waals surface area contributed by atoms with E-state index in [0.29, 0.717) is 19.5 Å². The first-order valence-corrected chi connectivity index (χ1v) is 8.10. The fourth-order valence-corrected chi connectivity index (χ4v) is 4.34. The van der Waals surface area contributed by atoms with E-state index in [0.717, 1.165) is 24.1 Å². The predicted octanol–water partition coefficient (Wildman–Crippen LogP) is 2.56. The molecule has 1 aliphatic heterocycles. The highest BCUT2D eigenvalue weighted by Gasteiger charge is 2.29. The van der Waals surface area contributed by atoms with Crippen LogP contribution in [-0.2, 0) is 17.6 Å². The molecule has 0 radical (unpaired) electrons. The van der Waals surface area contributed by atoms with E-state index < -0.39 is 11.9 Å². The van der Waals surface area contributed by atoms with Crippen molar-refractivity contribution in [1.29, 1.82) is 0 Å². The van der Waals surface area contributed by atoms with Crippen LogP contribution in [-0.4, -0.2) is 35.0 Å². The minimum absolute atomic E-state index is 0.0235. The average molecular weight is 293 g/mol. The summed E-state index contributed by atoms with van der Waals surface area (Å²) in [6, 6.07) is 2.03. The van der Waals surface area contributed by atoms with Crippen LogP contribution in [0.25, 0.3) is 0 Å². The number of fused-ring (bicyclic) bond motifs is 1. The molecule has 0 aromatic carbocycles. The van der Waals surface area contributed by atoms with Crippen LogP contribution in [0.3, 0.4) is 0 Å².